The van der Waals surface area contributed by atoms with Gasteiger partial charge in [0.1, 0.15) is 0 Å². The molecular weight excluding hydrogens is 258 g/mol. The number of thioether (sulfide) groups is 1. The van der Waals surface area contributed by atoms with Crippen LogP contribution >= 0.6 is 11.8 Å². The van der Waals surface area contributed by atoms with Gasteiger partial charge in [-0.15, -0.1) is 11.8 Å². The van der Waals surface area contributed by atoms with Gasteiger partial charge in [-0.25, -0.2) is 0 Å². The third kappa shape index (κ3) is 3.16. The van der Waals surface area contributed by atoms with Crippen LogP contribution in [0.5, 0.6) is 0 Å². The average molecular weight is 275 g/mol. The maximum Gasteiger partial charge on any atom is 0.227 e. The molecular formula is C14H17N3OS. The topological polar surface area (TPSA) is 51.0 Å². The van der Waals surface area contributed by atoms with Crippen molar-refractivity contribution in [2.45, 2.75) is 24.0 Å². The summed E-state index contributed by atoms with van der Waals surface area (Å²) in [6, 6.07) is 8.35. The van der Waals surface area contributed by atoms with Crippen LogP contribution in [0.15, 0.2) is 33.7 Å². The van der Waals surface area contributed by atoms with Gasteiger partial charge in [-0.3, -0.25) is 0 Å². The summed E-state index contributed by atoms with van der Waals surface area (Å²) in [7, 11) is 0. The Kier molecular flexibility index (Phi) is 3.84. The first-order valence-corrected chi connectivity index (χ1v) is 7.50. The third-order valence-electron chi connectivity index (χ3n) is 3.29. The van der Waals surface area contributed by atoms with Crippen LogP contribution < -0.4 is 5.32 Å². The molecule has 1 aromatic carbocycles. The molecule has 19 heavy (non-hydrogen) atoms. The van der Waals surface area contributed by atoms with Gasteiger partial charge in [0.2, 0.25) is 5.89 Å². The molecule has 5 heteroatoms. The van der Waals surface area contributed by atoms with E-state index < -0.39 is 0 Å². The molecule has 3 rings (SSSR count). The van der Waals surface area contributed by atoms with Crippen LogP contribution in [-0.4, -0.2) is 23.2 Å². The Hall–Kier alpha value is -1.33. The van der Waals surface area contributed by atoms with E-state index in [0.717, 1.165) is 37.0 Å². The first kappa shape index (κ1) is 12.7. The number of nitrogens with zero attached hydrogens (tertiary/aromatic N) is 2. The lowest BCUT2D eigenvalue weighted by Gasteiger charge is -2.25. The maximum atomic E-state index is 5.29. The summed E-state index contributed by atoms with van der Waals surface area (Å²) in [6.07, 6.45) is 0.898. The molecule has 2 aromatic rings. The van der Waals surface area contributed by atoms with Crippen LogP contribution in [0.25, 0.3) is 0 Å². The van der Waals surface area contributed by atoms with Gasteiger partial charge >= 0.3 is 0 Å². The quantitative estimate of drug-likeness (QED) is 0.849. The largest absolute Gasteiger partial charge is 0.339 e. The standard InChI is InChI=1S/C14H17N3OS/c1-10-4-2-3-5-12(10)19-9-13-16-14(18-17-13)6-11-7-15-8-11/h2-5,11,15H,6-9H2,1H3. The highest BCUT2D eigenvalue weighted by atomic mass is 32.2. The van der Waals surface area contributed by atoms with Crippen LogP contribution in [-0.2, 0) is 12.2 Å². The molecule has 0 radical (unpaired) electrons. The van der Waals surface area contributed by atoms with Crippen LogP contribution in [0.2, 0.25) is 0 Å². The molecule has 4 nitrogen and oxygen atoms in total. The lowest BCUT2D eigenvalue weighted by molar-refractivity contribution is 0.295. The van der Waals surface area contributed by atoms with E-state index in [1.54, 1.807) is 11.8 Å². The Labute approximate surface area is 117 Å². The zero-order valence-corrected chi connectivity index (χ0v) is 11.7. The fourth-order valence-corrected chi connectivity index (χ4v) is 2.90. The van der Waals surface area contributed by atoms with Gasteiger partial charge < -0.3 is 9.84 Å². The van der Waals surface area contributed by atoms with Crippen molar-refractivity contribution in [2.24, 2.45) is 5.92 Å². The summed E-state index contributed by atoms with van der Waals surface area (Å²) in [4.78, 5) is 5.73. The molecule has 2 heterocycles. The first-order valence-electron chi connectivity index (χ1n) is 6.52. The summed E-state index contributed by atoms with van der Waals surface area (Å²) < 4.78 is 5.29. The minimum atomic E-state index is 0.664. The Morgan fingerprint density at radius 3 is 2.95 bits per heavy atom. The van der Waals surface area contributed by atoms with Crippen LogP contribution in [0.4, 0.5) is 0 Å². The van der Waals surface area contributed by atoms with Crippen molar-refractivity contribution < 1.29 is 4.52 Å². The lowest BCUT2D eigenvalue weighted by atomic mass is 10.00. The van der Waals surface area contributed by atoms with Crippen molar-refractivity contribution in [3.63, 3.8) is 0 Å². The van der Waals surface area contributed by atoms with Crippen molar-refractivity contribution in [3.05, 3.63) is 41.5 Å². The van der Waals surface area contributed by atoms with Gasteiger partial charge in [-0.2, -0.15) is 4.98 Å². The van der Waals surface area contributed by atoms with Crippen LogP contribution in [0.1, 0.15) is 17.3 Å². The number of nitrogens with one attached hydrogen (secondary N) is 1. The number of aryl methyl sites for hydroxylation is 1. The minimum Gasteiger partial charge on any atom is -0.339 e. The molecule has 1 fully saturated rings. The second kappa shape index (κ2) is 5.75. The summed E-state index contributed by atoms with van der Waals surface area (Å²) >= 11 is 1.75. The van der Waals surface area contributed by atoms with E-state index >= 15 is 0 Å². The average Bonchev–Trinajstić information content (AvgIpc) is 2.81. The smallest absolute Gasteiger partial charge is 0.227 e. The second-order valence-corrected chi connectivity index (χ2v) is 5.90. The fourth-order valence-electron chi connectivity index (χ4n) is 2.03. The normalized spacial score (nSPS) is 15.4. The molecule has 1 aromatic heterocycles. The van der Waals surface area contributed by atoms with E-state index in [4.69, 9.17) is 4.52 Å². The highest BCUT2D eigenvalue weighted by Crippen LogP contribution is 2.24. The molecule has 0 bridgehead atoms. The minimum absolute atomic E-state index is 0.664. The summed E-state index contributed by atoms with van der Waals surface area (Å²) in [6.45, 7) is 4.25. The van der Waals surface area contributed by atoms with Crippen molar-refractivity contribution in [1.29, 1.82) is 0 Å². The van der Waals surface area contributed by atoms with Crippen molar-refractivity contribution in [2.75, 3.05) is 13.1 Å². The van der Waals surface area contributed by atoms with Gasteiger partial charge in [0.15, 0.2) is 5.82 Å². The van der Waals surface area contributed by atoms with E-state index in [-0.39, 0.29) is 0 Å². The summed E-state index contributed by atoms with van der Waals surface area (Å²) in [5, 5.41) is 7.29. The monoisotopic (exact) mass is 275 g/mol. The Balaban J connectivity index is 1.56. The first-order chi connectivity index (χ1) is 9.31. The molecule has 100 valence electrons. The lowest BCUT2D eigenvalue weighted by Crippen LogP contribution is -2.43. The van der Waals surface area contributed by atoms with Crippen molar-refractivity contribution in [1.82, 2.24) is 15.5 Å². The third-order valence-corrected chi connectivity index (χ3v) is 4.46. The summed E-state index contributed by atoms with van der Waals surface area (Å²) in [5.74, 6) is 2.98. The van der Waals surface area contributed by atoms with E-state index in [0.29, 0.717) is 5.92 Å². The molecule has 0 amide bonds. The molecule has 1 N–H and O–H groups in total. The molecule has 0 atom stereocenters. The predicted molar refractivity (Wildman–Crippen MR) is 75.1 cm³/mol. The second-order valence-electron chi connectivity index (χ2n) is 4.89. The van der Waals surface area contributed by atoms with E-state index in [1.165, 1.54) is 10.5 Å². The Morgan fingerprint density at radius 1 is 1.37 bits per heavy atom. The van der Waals surface area contributed by atoms with Gasteiger partial charge in [0, 0.05) is 11.3 Å². The Morgan fingerprint density at radius 2 is 2.21 bits per heavy atom. The molecule has 0 saturated carbocycles. The highest BCUT2D eigenvalue weighted by Gasteiger charge is 2.20. The molecule has 0 unspecified atom stereocenters. The summed E-state index contributed by atoms with van der Waals surface area (Å²) in [5.41, 5.74) is 1.29. The molecule has 0 spiro atoms. The Bertz CT molecular complexity index is 551. The van der Waals surface area contributed by atoms with Crippen molar-refractivity contribution >= 4 is 11.8 Å². The van der Waals surface area contributed by atoms with Gasteiger partial charge in [-0.05, 0) is 37.6 Å². The van der Waals surface area contributed by atoms with Gasteiger partial charge in [-0.1, -0.05) is 23.4 Å². The molecule has 0 aliphatic carbocycles. The van der Waals surface area contributed by atoms with Gasteiger partial charge in [0.05, 0.1) is 5.75 Å². The van der Waals surface area contributed by atoms with Crippen molar-refractivity contribution in [3.8, 4) is 0 Å². The molecule has 1 saturated heterocycles. The van der Waals surface area contributed by atoms with E-state index in [9.17, 15) is 0 Å². The van der Waals surface area contributed by atoms with Crippen LogP contribution in [0.3, 0.4) is 0 Å². The molecule has 1 aliphatic rings. The number of aromatic nitrogens is 2. The zero-order chi connectivity index (χ0) is 13.1. The number of rotatable bonds is 5. The maximum absolute atomic E-state index is 5.29. The number of benzene rings is 1. The van der Waals surface area contributed by atoms with Gasteiger partial charge in [0.25, 0.3) is 0 Å². The fraction of sp³-hybridized carbons (Fsp3) is 0.429. The van der Waals surface area contributed by atoms with Crippen LogP contribution in [0, 0.1) is 12.8 Å². The number of hydrogen-bond donors (Lipinski definition) is 1. The SMILES string of the molecule is Cc1ccccc1SCc1noc(CC2CNC2)n1. The highest BCUT2D eigenvalue weighted by molar-refractivity contribution is 7.98. The molecule has 1 aliphatic heterocycles. The zero-order valence-electron chi connectivity index (χ0n) is 10.9. The number of hydrogen-bond acceptors (Lipinski definition) is 5. The van der Waals surface area contributed by atoms with E-state index in [2.05, 4.69) is 46.6 Å². The predicted octanol–water partition coefficient (Wildman–Crippen LogP) is 2.43. The van der Waals surface area contributed by atoms with E-state index in [1.807, 2.05) is 0 Å².